The van der Waals surface area contributed by atoms with Crippen LogP contribution in [0.1, 0.15) is 17.2 Å². The van der Waals surface area contributed by atoms with Crippen molar-refractivity contribution in [2.45, 2.75) is 12.6 Å². The highest BCUT2D eigenvalue weighted by molar-refractivity contribution is 5.72. The van der Waals surface area contributed by atoms with Crippen LogP contribution in [0.3, 0.4) is 0 Å². The second-order valence-corrected chi connectivity index (χ2v) is 4.41. The number of benzene rings is 2. The molecule has 4 nitrogen and oxygen atoms in total. The molecule has 4 heteroatoms. The Labute approximate surface area is 111 Å². The van der Waals surface area contributed by atoms with E-state index in [4.69, 9.17) is 4.74 Å². The molecular weight excluding hydrogens is 240 g/mol. The number of anilines is 1. The van der Waals surface area contributed by atoms with Crippen molar-refractivity contribution < 1.29 is 9.53 Å². The Bertz CT molecular complexity index is 584. The van der Waals surface area contributed by atoms with Gasteiger partial charge in [-0.15, -0.1) is 0 Å². The second kappa shape index (κ2) is 5.12. The molecule has 1 aliphatic heterocycles. The molecule has 2 aromatic carbocycles. The number of hydrogen-bond acceptors (Lipinski definition) is 4. The lowest BCUT2D eigenvalue weighted by Crippen LogP contribution is -2.19. The first-order valence-electron chi connectivity index (χ1n) is 6.14. The first-order chi connectivity index (χ1) is 9.36. The van der Waals surface area contributed by atoms with Gasteiger partial charge in [0.25, 0.3) is 0 Å². The minimum atomic E-state index is -0.279. The molecule has 1 unspecified atom stereocenters. The maximum atomic E-state index is 10.8. The van der Waals surface area contributed by atoms with Crippen LogP contribution in [0.2, 0.25) is 0 Å². The summed E-state index contributed by atoms with van der Waals surface area (Å²) in [6.07, 6.45) is 0.878. The molecule has 19 heavy (non-hydrogen) atoms. The molecule has 96 valence electrons. The van der Waals surface area contributed by atoms with Crippen molar-refractivity contribution in [1.29, 1.82) is 0 Å². The van der Waals surface area contributed by atoms with Gasteiger partial charge < -0.3 is 15.0 Å². The molecule has 2 N–H and O–H groups in total. The number of nitrogens with one attached hydrogen (secondary N) is 2. The van der Waals surface area contributed by atoms with Crippen LogP contribution in [0.5, 0.6) is 5.75 Å². The molecule has 0 amide bonds. The van der Waals surface area contributed by atoms with E-state index in [2.05, 4.69) is 10.9 Å². The monoisotopic (exact) mass is 254 g/mol. The molecular formula is C15H14N2O2. The van der Waals surface area contributed by atoms with Crippen molar-refractivity contribution in [2.24, 2.45) is 0 Å². The molecule has 1 aliphatic rings. The van der Waals surface area contributed by atoms with E-state index in [1.54, 1.807) is 0 Å². The van der Waals surface area contributed by atoms with Crippen molar-refractivity contribution >= 4 is 12.0 Å². The van der Waals surface area contributed by atoms with Crippen molar-refractivity contribution in [2.75, 3.05) is 5.43 Å². The van der Waals surface area contributed by atoms with Crippen molar-refractivity contribution in [3.8, 4) is 5.75 Å². The Kier molecular flexibility index (Phi) is 3.16. The molecule has 0 fully saturated rings. The Morgan fingerprint density at radius 2 is 2.00 bits per heavy atom. The molecule has 1 atom stereocenters. The molecule has 0 spiro atoms. The van der Waals surface area contributed by atoms with Crippen LogP contribution in [-0.2, 0) is 11.4 Å². The topological polar surface area (TPSA) is 50.4 Å². The summed E-state index contributed by atoms with van der Waals surface area (Å²) in [6.45, 7) is 0.532. The van der Waals surface area contributed by atoms with E-state index >= 15 is 0 Å². The van der Waals surface area contributed by atoms with Gasteiger partial charge in [0.2, 0.25) is 0 Å². The van der Waals surface area contributed by atoms with Gasteiger partial charge >= 0.3 is 0 Å². The maximum absolute atomic E-state index is 10.8. The Hall–Kier alpha value is -2.33. The zero-order valence-corrected chi connectivity index (χ0v) is 10.3. The van der Waals surface area contributed by atoms with Crippen LogP contribution in [-0.4, -0.2) is 6.29 Å². The zero-order chi connectivity index (χ0) is 13.1. The summed E-state index contributed by atoms with van der Waals surface area (Å²) in [7, 11) is 0. The van der Waals surface area contributed by atoms with Crippen LogP contribution in [0, 0.1) is 0 Å². The van der Waals surface area contributed by atoms with E-state index in [9.17, 15) is 4.79 Å². The van der Waals surface area contributed by atoms with Crippen LogP contribution in [0.25, 0.3) is 0 Å². The number of carbonyl (C=O) groups is 1. The second-order valence-electron chi connectivity index (χ2n) is 4.41. The number of ether oxygens (including phenoxy) is 1. The van der Waals surface area contributed by atoms with E-state index in [0.29, 0.717) is 6.61 Å². The summed E-state index contributed by atoms with van der Waals surface area (Å²) in [5.41, 5.74) is 8.84. The predicted molar refractivity (Wildman–Crippen MR) is 72.8 cm³/mol. The third-order valence-corrected chi connectivity index (χ3v) is 3.11. The summed E-state index contributed by atoms with van der Waals surface area (Å²) in [6, 6.07) is 15.4. The average Bonchev–Trinajstić information content (AvgIpc) is 2.88. The minimum Gasteiger partial charge on any atom is -0.489 e. The van der Waals surface area contributed by atoms with Gasteiger partial charge in [-0.05, 0) is 11.6 Å². The normalized spacial score (nSPS) is 16.5. The first-order valence-corrected chi connectivity index (χ1v) is 6.14. The van der Waals surface area contributed by atoms with Gasteiger partial charge in [0.05, 0.1) is 5.69 Å². The van der Waals surface area contributed by atoms with Gasteiger partial charge in [-0.3, -0.25) is 0 Å². The average molecular weight is 254 g/mol. The van der Waals surface area contributed by atoms with Crippen LogP contribution in [0.15, 0.2) is 48.5 Å². The number of rotatable bonds is 4. The maximum Gasteiger partial charge on any atom is 0.143 e. The van der Waals surface area contributed by atoms with Gasteiger partial charge in [-0.2, -0.15) is 0 Å². The first kappa shape index (κ1) is 11.7. The highest BCUT2D eigenvalue weighted by Gasteiger charge is 2.21. The summed E-state index contributed by atoms with van der Waals surface area (Å²) < 4.78 is 5.73. The zero-order valence-electron chi connectivity index (χ0n) is 10.3. The summed E-state index contributed by atoms with van der Waals surface area (Å²) in [5.74, 6) is 0.781. The van der Waals surface area contributed by atoms with E-state index in [1.165, 1.54) is 0 Å². The number of carbonyl (C=O) groups excluding carboxylic acids is 1. The molecule has 0 aliphatic carbocycles. The van der Waals surface area contributed by atoms with Gasteiger partial charge in [-0.25, -0.2) is 5.43 Å². The highest BCUT2D eigenvalue weighted by atomic mass is 16.5. The lowest BCUT2D eigenvalue weighted by Gasteiger charge is -2.08. The molecule has 0 saturated heterocycles. The molecule has 0 radical (unpaired) electrons. The Balaban J connectivity index is 1.72. The fourth-order valence-corrected chi connectivity index (χ4v) is 2.09. The Morgan fingerprint density at radius 1 is 1.16 bits per heavy atom. The number of aldehydes is 1. The van der Waals surface area contributed by atoms with E-state index < -0.39 is 0 Å². The van der Waals surface area contributed by atoms with Gasteiger partial charge in [0.15, 0.2) is 0 Å². The van der Waals surface area contributed by atoms with Crippen LogP contribution < -0.4 is 15.6 Å². The summed E-state index contributed by atoms with van der Waals surface area (Å²) in [5, 5.41) is 0. The van der Waals surface area contributed by atoms with E-state index in [-0.39, 0.29) is 6.04 Å². The third kappa shape index (κ3) is 2.44. The van der Waals surface area contributed by atoms with Crippen molar-refractivity contribution in [1.82, 2.24) is 5.43 Å². The fraction of sp³-hybridized carbons (Fsp3) is 0.133. The van der Waals surface area contributed by atoms with Gasteiger partial charge in [-0.1, -0.05) is 36.4 Å². The lowest BCUT2D eigenvalue weighted by molar-refractivity contribution is -0.109. The molecule has 0 aromatic heterocycles. The fourth-order valence-electron chi connectivity index (χ4n) is 2.09. The van der Waals surface area contributed by atoms with E-state index in [1.807, 2.05) is 48.5 Å². The summed E-state index contributed by atoms with van der Waals surface area (Å²) >= 11 is 0. The third-order valence-electron chi connectivity index (χ3n) is 3.11. The van der Waals surface area contributed by atoms with E-state index in [0.717, 1.165) is 28.8 Å². The predicted octanol–water partition coefficient (Wildman–Crippen LogP) is 2.44. The van der Waals surface area contributed by atoms with Gasteiger partial charge in [0, 0.05) is 11.6 Å². The van der Waals surface area contributed by atoms with Crippen molar-refractivity contribution in [3.63, 3.8) is 0 Å². The Morgan fingerprint density at radius 3 is 2.79 bits per heavy atom. The largest absolute Gasteiger partial charge is 0.489 e. The van der Waals surface area contributed by atoms with Crippen LogP contribution in [0.4, 0.5) is 5.69 Å². The quantitative estimate of drug-likeness (QED) is 0.823. The molecule has 0 saturated carbocycles. The standard InChI is InChI=1S/C15H14N2O2/c18-9-15-13-7-6-12(8-14(13)16-17-15)19-10-11-4-2-1-3-5-11/h1-9,15-17H,10H2. The SMILES string of the molecule is O=CC1NNc2cc(OCc3ccccc3)ccc21. The minimum absolute atomic E-state index is 0.279. The lowest BCUT2D eigenvalue weighted by atomic mass is 10.1. The smallest absolute Gasteiger partial charge is 0.143 e. The molecule has 2 aromatic rings. The molecule has 1 heterocycles. The number of hydrogen-bond donors (Lipinski definition) is 2. The van der Waals surface area contributed by atoms with Gasteiger partial charge in [0.1, 0.15) is 24.7 Å². The van der Waals surface area contributed by atoms with Crippen LogP contribution >= 0.6 is 0 Å². The van der Waals surface area contributed by atoms with Crippen molar-refractivity contribution in [3.05, 3.63) is 59.7 Å². The highest BCUT2D eigenvalue weighted by Crippen LogP contribution is 2.30. The molecule has 3 rings (SSSR count). The number of hydrazine groups is 1. The molecule has 0 bridgehead atoms. The number of fused-ring (bicyclic) bond motifs is 1. The summed E-state index contributed by atoms with van der Waals surface area (Å²) in [4.78, 5) is 10.8.